The van der Waals surface area contributed by atoms with Gasteiger partial charge in [0.1, 0.15) is 0 Å². The molecule has 1 aliphatic rings. The third-order valence-electron chi connectivity index (χ3n) is 3.01. The minimum absolute atomic E-state index is 0.00356. The van der Waals surface area contributed by atoms with Crippen LogP contribution in [-0.4, -0.2) is 24.1 Å². The van der Waals surface area contributed by atoms with Gasteiger partial charge in [0.25, 0.3) is 10.0 Å². The largest absolute Gasteiger partial charge is 0.281 e. The molecule has 0 saturated heterocycles. The Hall–Kier alpha value is -1.37. The third-order valence-corrected chi connectivity index (χ3v) is 4.43. The number of nitrogens with zero attached hydrogens (tertiary/aromatic N) is 2. The van der Waals surface area contributed by atoms with Crippen LogP contribution in [0.15, 0.2) is 17.3 Å². The topological polar surface area (TPSA) is 81.1 Å². The van der Waals surface area contributed by atoms with Crippen LogP contribution in [0.1, 0.15) is 25.7 Å². The van der Waals surface area contributed by atoms with Crippen molar-refractivity contribution in [1.29, 1.82) is 0 Å². The van der Waals surface area contributed by atoms with Gasteiger partial charge in [-0.15, -0.1) is 0 Å². The molecule has 0 atom stereocenters. The molecule has 0 bridgehead atoms. The highest BCUT2D eigenvalue weighted by molar-refractivity contribution is 7.90. The number of rotatable bonds is 3. The minimum atomic E-state index is -3.78. The molecule has 7 heteroatoms. The summed E-state index contributed by atoms with van der Waals surface area (Å²) in [4.78, 5) is 11.7. The lowest BCUT2D eigenvalue weighted by atomic mass is 10.1. The normalized spacial score (nSPS) is 17.2. The van der Waals surface area contributed by atoms with Crippen molar-refractivity contribution in [3.05, 3.63) is 12.3 Å². The minimum Gasteiger partial charge on any atom is -0.274 e. The summed E-state index contributed by atoms with van der Waals surface area (Å²) in [5.74, 6) is -0.568. The lowest BCUT2D eigenvalue weighted by molar-refractivity contribution is -0.122. The fourth-order valence-electron chi connectivity index (χ4n) is 2.08. The zero-order valence-electron chi connectivity index (χ0n) is 9.59. The summed E-state index contributed by atoms with van der Waals surface area (Å²) in [5.41, 5.74) is 0. The van der Waals surface area contributed by atoms with Crippen molar-refractivity contribution < 1.29 is 13.2 Å². The first-order chi connectivity index (χ1) is 8.00. The second-order valence-corrected chi connectivity index (χ2v) is 5.87. The van der Waals surface area contributed by atoms with E-state index in [1.807, 2.05) is 0 Å². The summed E-state index contributed by atoms with van der Waals surface area (Å²) in [6.07, 6.45) is 4.90. The van der Waals surface area contributed by atoms with Crippen LogP contribution >= 0.6 is 0 Å². The summed E-state index contributed by atoms with van der Waals surface area (Å²) in [6, 6.07) is 1.37. The van der Waals surface area contributed by atoms with Gasteiger partial charge in [0.2, 0.25) is 5.91 Å². The first-order valence-corrected chi connectivity index (χ1v) is 7.04. The van der Waals surface area contributed by atoms with Crippen molar-refractivity contribution in [2.75, 3.05) is 0 Å². The lowest BCUT2D eigenvalue weighted by Crippen LogP contribution is -2.35. The molecule has 0 spiro atoms. The van der Waals surface area contributed by atoms with E-state index in [9.17, 15) is 13.2 Å². The molecule has 1 fully saturated rings. The highest BCUT2D eigenvalue weighted by Gasteiger charge is 2.28. The number of carbonyl (C=O) groups is 1. The Bertz CT molecular complexity index is 515. The molecule has 1 saturated carbocycles. The van der Waals surface area contributed by atoms with Crippen LogP contribution < -0.4 is 4.72 Å². The average molecular weight is 257 g/mol. The number of amides is 1. The molecule has 1 N–H and O–H groups in total. The number of aromatic nitrogens is 2. The van der Waals surface area contributed by atoms with Crippen molar-refractivity contribution in [2.45, 2.75) is 30.7 Å². The van der Waals surface area contributed by atoms with Gasteiger partial charge in [0.15, 0.2) is 5.03 Å². The van der Waals surface area contributed by atoms with Gasteiger partial charge in [0, 0.05) is 13.0 Å². The second-order valence-electron chi connectivity index (χ2n) is 4.24. The summed E-state index contributed by atoms with van der Waals surface area (Å²) in [6.45, 7) is 0. The highest BCUT2D eigenvalue weighted by atomic mass is 32.2. The molecule has 1 aromatic rings. The van der Waals surface area contributed by atoms with Gasteiger partial charge in [0.05, 0.1) is 6.20 Å². The molecule has 1 aromatic heterocycles. The van der Waals surface area contributed by atoms with Crippen molar-refractivity contribution in [1.82, 2.24) is 14.5 Å². The number of carbonyl (C=O) groups excluding carboxylic acids is 1. The molecule has 0 aliphatic heterocycles. The number of nitrogens with one attached hydrogen (secondary N) is 1. The standard InChI is InChI=1S/C10H15N3O3S/c1-13-9(6-7-11-13)17(15,16)12-10(14)8-4-2-3-5-8/h6-8H,2-5H2,1H3,(H,12,14). The van der Waals surface area contributed by atoms with E-state index >= 15 is 0 Å². The van der Waals surface area contributed by atoms with E-state index < -0.39 is 15.9 Å². The van der Waals surface area contributed by atoms with Gasteiger partial charge in [-0.05, 0) is 18.9 Å². The fourth-order valence-corrected chi connectivity index (χ4v) is 3.25. The predicted molar refractivity (Wildman–Crippen MR) is 60.5 cm³/mol. The van der Waals surface area contributed by atoms with Gasteiger partial charge < -0.3 is 0 Å². The highest BCUT2D eigenvalue weighted by Crippen LogP contribution is 2.25. The van der Waals surface area contributed by atoms with E-state index in [-0.39, 0.29) is 10.9 Å². The Kier molecular flexibility index (Phi) is 3.19. The van der Waals surface area contributed by atoms with Crippen LogP contribution in [0.3, 0.4) is 0 Å². The maximum Gasteiger partial charge on any atom is 0.281 e. The number of aryl methyl sites for hydroxylation is 1. The molecule has 17 heavy (non-hydrogen) atoms. The molecular weight excluding hydrogens is 242 g/mol. The van der Waals surface area contributed by atoms with Gasteiger partial charge in [-0.3, -0.25) is 9.48 Å². The monoisotopic (exact) mass is 257 g/mol. The Morgan fingerprint density at radius 1 is 1.47 bits per heavy atom. The quantitative estimate of drug-likeness (QED) is 0.850. The summed E-state index contributed by atoms with van der Waals surface area (Å²) >= 11 is 0. The second kappa shape index (κ2) is 4.48. The van der Waals surface area contributed by atoms with Gasteiger partial charge in [-0.1, -0.05) is 12.8 Å². The molecule has 1 aliphatic carbocycles. The molecule has 0 radical (unpaired) electrons. The average Bonchev–Trinajstić information content (AvgIpc) is 2.85. The smallest absolute Gasteiger partial charge is 0.274 e. The molecule has 0 aromatic carbocycles. The van der Waals surface area contributed by atoms with E-state index in [1.165, 1.54) is 24.0 Å². The van der Waals surface area contributed by atoms with Crippen molar-refractivity contribution >= 4 is 15.9 Å². The molecule has 1 heterocycles. The molecule has 0 unspecified atom stereocenters. The van der Waals surface area contributed by atoms with E-state index in [1.54, 1.807) is 0 Å². The van der Waals surface area contributed by atoms with Crippen LogP contribution in [0, 0.1) is 5.92 Å². The molecule has 2 rings (SSSR count). The first-order valence-electron chi connectivity index (χ1n) is 5.55. The number of hydrogen-bond donors (Lipinski definition) is 1. The molecule has 6 nitrogen and oxygen atoms in total. The third kappa shape index (κ3) is 2.49. The summed E-state index contributed by atoms with van der Waals surface area (Å²) < 4.78 is 27.1. The number of hydrogen-bond acceptors (Lipinski definition) is 4. The maximum atomic E-state index is 11.9. The van der Waals surface area contributed by atoms with E-state index in [4.69, 9.17) is 0 Å². The van der Waals surface area contributed by atoms with E-state index in [0.29, 0.717) is 0 Å². The zero-order chi connectivity index (χ0) is 12.5. The Morgan fingerprint density at radius 3 is 2.65 bits per heavy atom. The first kappa shape index (κ1) is 12.1. The van der Waals surface area contributed by atoms with Gasteiger partial charge in [-0.25, -0.2) is 4.72 Å². The summed E-state index contributed by atoms with van der Waals surface area (Å²) in [5, 5.41) is 3.78. The van der Waals surface area contributed by atoms with E-state index in [2.05, 4.69) is 9.82 Å². The van der Waals surface area contributed by atoms with Crippen molar-refractivity contribution in [3.63, 3.8) is 0 Å². The maximum absolute atomic E-state index is 11.9. The summed E-state index contributed by atoms with van der Waals surface area (Å²) in [7, 11) is -2.26. The Morgan fingerprint density at radius 2 is 2.12 bits per heavy atom. The Balaban J connectivity index is 2.12. The van der Waals surface area contributed by atoms with Crippen molar-refractivity contribution in [2.24, 2.45) is 13.0 Å². The van der Waals surface area contributed by atoms with Crippen LogP contribution in [0.2, 0.25) is 0 Å². The molecule has 94 valence electrons. The SMILES string of the molecule is Cn1nccc1S(=O)(=O)NC(=O)C1CCCC1. The Labute approximate surface area is 100 Å². The lowest BCUT2D eigenvalue weighted by Gasteiger charge is -2.10. The molecular formula is C10H15N3O3S. The zero-order valence-corrected chi connectivity index (χ0v) is 10.4. The molecule has 1 amide bonds. The van der Waals surface area contributed by atoms with Crippen LogP contribution in [-0.2, 0) is 21.9 Å². The van der Waals surface area contributed by atoms with Crippen LogP contribution in [0.5, 0.6) is 0 Å². The predicted octanol–water partition coefficient (Wildman–Crippen LogP) is 0.415. The van der Waals surface area contributed by atoms with E-state index in [0.717, 1.165) is 25.7 Å². The van der Waals surface area contributed by atoms with Gasteiger partial charge >= 0.3 is 0 Å². The van der Waals surface area contributed by atoms with Gasteiger partial charge in [-0.2, -0.15) is 13.5 Å². The number of sulfonamides is 1. The fraction of sp³-hybridized carbons (Fsp3) is 0.600. The van der Waals surface area contributed by atoms with Crippen LogP contribution in [0.25, 0.3) is 0 Å². The van der Waals surface area contributed by atoms with Crippen molar-refractivity contribution in [3.8, 4) is 0 Å². The van der Waals surface area contributed by atoms with Crippen LogP contribution in [0.4, 0.5) is 0 Å².